The fourth-order valence-corrected chi connectivity index (χ4v) is 7.01. The fourth-order valence-electron chi connectivity index (χ4n) is 4.87. The first-order chi connectivity index (χ1) is 15.0. The van der Waals surface area contributed by atoms with Crippen molar-refractivity contribution in [3.8, 4) is 5.75 Å². The predicted molar refractivity (Wildman–Crippen MR) is 138 cm³/mol. The van der Waals surface area contributed by atoms with E-state index in [2.05, 4.69) is 53.8 Å². The lowest BCUT2D eigenvalue weighted by Crippen LogP contribution is -2.45. The number of para-hydroxylation sites is 1. The monoisotopic (exact) mass is 492 g/mol. The van der Waals surface area contributed by atoms with E-state index >= 15 is 0 Å². The van der Waals surface area contributed by atoms with Crippen molar-refractivity contribution >= 4 is 22.6 Å². The highest BCUT2D eigenvalue weighted by molar-refractivity contribution is 6.74. The van der Waals surface area contributed by atoms with E-state index in [9.17, 15) is 9.59 Å². The van der Waals surface area contributed by atoms with Gasteiger partial charge in [-0.05, 0) is 61.1 Å². The van der Waals surface area contributed by atoms with Gasteiger partial charge in [-0.25, -0.2) is 4.79 Å². The van der Waals surface area contributed by atoms with Crippen molar-refractivity contribution in [1.82, 2.24) is 0 Å². The molecule has 1 fully saturated rings. The van der Waals surface area contributed by atoms with Gasteiger partial charge < -0.3 is 18.7 Å². The van der Waals surface area contributed by atoms with Crippen molar-refractivity contribution < 1.29 is 23.5 Å². The van der Waals surface area contributed by atoms with E-state index in [1.54, 1.807) is 6.07 Å². The lowest BCUT2D eigenvalue weighted by atomic mass is 9.83. The average molecular weight is 493 g/mol. The van der Waals surface area contributed by atoms with Gasteiger partial charge in [-0.2, -0.15) is 0 Å². The van der Waals surface area contributed by atoms with Crippen molar-refractivity contribution in [2.24, 2.45) is 5.92 Å². The van der Waals surface area contributed by atoms with Gasteiger partial charge in [0.05, 0.1) is 13.2 Å². The first-order valence-electron chi connectivity index (χ1n) is 12.3. The molecular formula is C26H44O5Si2. The number of methoxy groups -OCH3 is 1. The zero-order valence-corrected chi connectivity index (χ0v) is 24.2. The summed E-state index contributed by atoms with van der Waals surface area (Å²) in [5, 5.41) is 0.0358. The summed E-state index contributed by atoms with van der Waals surface area (Å²) in [7, 11) is -2.87. The number of carbonyl (C=O) groups is 1. The minimum atomic E-state index is -2.31. The van der Waals surface area contributed by atoms with E-state index in [0.717, 1.165) is 24.8 Å². The largest absolute Gasteiger partial charge is 0.488 e. The number of hydrogen-bond donors (Lipinski definition) is 1. The Morgan fingerprint density at radius 2 is 1.79 bits per heavy atom. The lowest BCUT2D eigenvalue weighted by Gasteiger charge is -2.41. The van der Waals surface area contributed by atoms with Gasteiger partial charge in [0.2, 0.25) is 0 Å². The number of ether oxygens (including phenoxy) is 2. The maximum atomic E-state index is 12.4. The van der Waals surface area contributed by atoms with Crippen LogP contribution in [0.15, 0.2) is 18.2 Å². The molecule has 1 aromatic carbocycles. The summed E-state index contributed by atoms with van der Waals surface area (Å²) >= 11 is 0. The van der Waals surface area contributed by atoms with Crippen molar-refractivity contribution in [2.45, 2.75) is 108 Å². The number of carbonyl (C=O) groups excluding carboxylic acids is 1. The third-order valence-corrected chi connectivity index (χ3v) is 17.0. The third-order valence-electron chi connectivity index (χ3n) is 8.89. The first kappa shape index (κ1) is 26.4. The second-order valence-electron chi connectivity index (χ2n) is 12.7. The van der Waals surface area contributed by atoms with Crippen molar-refractivity contribution in [1.29, 1.82) is 0 Å². The van der Waals surface area contributed by atoms with Gasteiger partial charge in [0.1, 0.15) is 17.4 Å². The molecule has 7 heteroatoms. The van der Waals surface area contributed by atoms with Gasteiger partial charge in [-0.15, -0.1) is 0 Å². The Balaban J connectivity index is 1.96. The van der Waals surface area contributed by atoms with Gasteiger partial charge in [0.25, 0.3) is 0 Å². The molecule has 0 bridgehead atoms. The van der Waals surface area contributed by atoms with Crippen LogP contribution in [0.4, 0.5) is 0 Å². The Morgan fingerprint density at radius 3 is 2.33 bits per heavy atom. The van der Waals surface area contributed by atoms with Gasteiger partial charge in [0, 0.05) is 17.9 Å². The summed E-state index contributed by atoms with van der Waals surface area (Å²) in [6.07, 6.45) is 2.87. The maximum absolute atomic E-state index is 12.4. The molecule has 1 aliphatic heterocycles. The molecule has 0 amide bonds. The van der Waals surface area contributed by atoms with Crippen LogP contribution >= 0.6 is 0 Å². The summed E-state index contributed by atoms with van der Waals surface area (Å²) in [5.74, 6) is 0.811. The molecular weight excluding hydrogens is 448 g/mol. The zero-order chi connectivity index (χ0) is 25.0. The Hall–Kier alpha value is -1.16. The minimum absolute atomic E-state index is 0.00747. The Labute approximate surface area is 202 Å². The smallest absolute Gasteiger partial charge is 0.341 e. The van der Waals surface area contributed by atoms with Crippen LogP contribution < -0.4 is 4.74 Å². The molecule has 0 radical (unpaired) electrons. The summed E-state index contributed by atoms with van der Waals surface area (Å²) in [4.78, 5) is 23.2. The number of hydrogen-bond acceptors (Lipinski definition) is 5. The van der Waals surface area contributed by atoms with E-state index < -0.39 is 16.6 Å². The summed E-state index contributed by atoms with van der Waals surface area (Å²) < 4.78 is 18.4. The highest BCUT2D eigenvalue weighted by Crippen LogP contribution is 2.56. The topological polar surface area (TPSA) is 65.0 Å². The molecule has 5 nitrogen and oxygen atoms in total. The highest BCUT2D eigenvalue weighted by atomic mass is 28.4. The Kier molecular flexibility index (Phi) is 7.06. The van der Waals surface area contributed by atoms with Gasteiger partial charge >= 0.3 is 5.97 Å². The lowest BCUT2D eigenvalue weighted by molar-refractivity contribution is 0.0594. The van der Waals surface area contributed by atoms with E-state index in [0.29, 0.717) is 11.3 Å². The molecule has 1 saturated carbocycles. The van der Waals surface area contributed by atoms with E-state index in [-0.39, 0.29) is 40.1 Å². The molecule has 33 heavy (non-hydrogen) atoms. The molecule has 4 atom stereocenters. The third kappa shape index (κ3) is 4.97. The molecule has 3 rings (SSSR count). The molecule has 0 saturated heterocycles. The second-order valence-corrected chi connectivity index (χ2v) is 21.9. The van der Waals surface area contributed by atoms with Crippen LogP contribution in [0.1, 0.15) is 75.7 Å². The van der Waals surface area contributed by atoms with Crippen LogP contribution in [0.2, 0.25) is 36.3 Å². The molecule has 1 heterocycles. The van der Waals surface area contributed by atoms with Crippen LogP contribution in [0.3, 0.4) is 0 Å². The maximum Gasteiger partial charge on any atom is 0.341 e. The molecule has 2 aliphatic rings. The van der Waals surface area contributed by atoms with Crippen molar-refractivity contribution in [3.63, 3.8) is 0 Å². The molecule has 1 aromatic rings. The molecule has 0 spiro atoms. The highest BCUT2D eigenvalue weighted by Gasteiger charge is 2.54. The molecule has 1 aliphatic carbocycles. The fraction of sp³-hybridized carbons (Fsp3) is 0.731. The van der Waals surface area contributed by atoms with Gasteiger partial charge in [0.15, 0.2) is 16.6 Å². The normalized spacial score (nSPS) is 25.4. The van der Waals surface area contributed by atoms with E-state index in [1.807, 2.05) is 19.2 Å². The Bertz CT molecular complexity index is 882. The van der Waals surface area contributed by atoms with E-state index in [4.69, 9.17) is 13.9 Å². The van der Waals surface area contributed by atoms with Crippen LogP contribution in [-0.4, -0.2) is 46.7 Å². The van der Waals surface area contributed by atoms with Crippen LogP contribution in [0.5, 0.6) is 5.75 Å². The molecule has 1 N–H and O–H groups in total. The van der Waals surface area contributed by atoms with Crippen LogP contribution in [0, 0.1) is 5.92 Å². The standard InChI is InChI=1S/C26H44O5Si2/c1-25(2,3)33(9,10)31-20-16-21-22(17(20)14-15-26(4,5)32(7,8)28)18-12-11-13-19(23(18)30-21)24(27)29-6/h11-13,17,20-22,28H,14-16H2,1-10H3/t17-,20+,21-,22-/m0/s1. The number of fused-ring (bicyclic) bond motifs is 3. The molecule has 0 aromatic heterocycles. The van der Waals surface area contributed by atoms with Gasteiger partial charge in [-0.1, -0.05) is 46.8 Å². The second kappa shape index (κ2) is 8.81. The van der Waals surface area contributed by atoms with Gasteiger partial charge in [-0.3, -0.25) is 0 Å². The Morgan fingerprint density at radius 1 is 1.15 bits per heavy atom. The van der Waals surface area contributed by atoms with Crippen molar-refractivity contribution in [2.75, 3.05) is 7.11 Å². The summed E-state index contributed by atoms with van der Waals surface area (Å²) in [6.45, 7) is 19.9. The average Bonchev–Trinajstić information content (AvgIpc) is 3.19. The minimum Gasteiger partial charge on any atom is -0.488 e. The molecule has 186 valence electrons. The van der Waals surface area contributed by atoms with Crippen molar-refractivity contribution in [3.05, 3.63) is 29.3 Å². The van der Waals surface area contributed by atoms with E-state index in [1.165, 1.54) is 7.11 Å². The quantitative estimate of drug-likeness (QED) is 0.348. The number of benzene rings is 1. The number of rotatable bonds is 7. The SMILES string of the molecule is COC(=O)c1cccc2c1O[C@H]1C[C@@H](O[Si](C)(C)C(C)(C)C)[C@H](CCC(C)(C)[Si](C)(C)O)[C@@H]21. The van der Waals surface area contributed by atoms with Crippen LogP contribution in [-0.2, 0) is 9.16 Å². The summed E-state index contributed by atoms with van der Waals surface area (Å²) in [6, 6.07) is 5.82. The first-order valence-corrected chi connectivity index (χ1v) is 18.1. The van der Waals surface area contributed by atoms with Crippen LogP contribution in [0.25, 0.3) is 0 Å². The zero-order valence-electron chi connectivity index (χ0n) is 22.2. The number of esters is 1. The predicted octanol–water partition coefficient (Wildman–Crippen LogP) is 6.49. The molecule has 0 unspecified atom stereocenters. The summed E-state index contributed by atoms with van der Waals surface area (Å²) in [5.41, 5.74) is 1.61.